The van der Waals surface area contributed by atoms with E-state index >= 15 is 0 Å². The van der Waals surface area contributed by atoms with Crippen LogP contribution in [0.1, 0.15) is 28.7 Å². The third-order valence-electron chi connectivity index (χ3n) is 4.88. The largest absolute Gasteiger partial charge is 0.398 e. The molecule has 2 N–H and O–H groups in total. The summed E-state index contributed by atoms with van der Waals surface area (Å²) in [7, 11) is 0. The Morgan fingerprint density at radius 1 is 0.900 bits per heavy atom. The lowest BCUT2D eigenvalue weighted by atomic mass is 9.87. The lowest BCUT2D eigenvalue weighted by Gasteiger charge is -2.32. The van der Waals surface area contributed by atoms with E-state index in [9.17, 15) is 0 Å². The van der Waals surface area contributed by atoms with Gasteiger partial charge in [-0.2, -0.15) is 0 Å². The monoisotopic (exact) mass is 264 g/mol. The average Bonchev–Trinajstić information content (AvgIpc) is 2.92. The number of nitrogens with zero attached hydrogens (tertiary/aromatic N) is 1. The minimum atomic E-state index is 0.664. The Morgan fingerprint density at radius 3 is 2.55 bits per heavy atom. The Hall–Kier alpha value is -1.80. The van der Waals surface area contributed by atoms with Crippen molar-refractivity contribution in [3.05, 3.63) is 64.7 Å². The lowest BCUT2D eigenvalue weighted by Crippen LogP contribution is -2.35. The van der Waals surface area contributed by atoms with Crippen molar-refractivity contribution in [2.24, 2.45) is 0 Å². The van der Waals surface area contributed by atoms with Crippen LogP contribution in [-0.4, -0.2) is 10.9 Å². The first kappa shape index (κ1) is 12.0. The predicted octanol–water partition coefficient (Wildman–Crippen LogP) is 3.14. The third kappa shape index (κ3) is 1.92. The molecule has 2 aliphatic rings. The van der Waals surface area contributed by atoms with Gasteiger partial charge in [-0.25, -0.2) is 0 Å². The number of nitrogen functional groups attached to an aromatic ring is 1. The fourth-order valence-corrected chi connectivity index (χ4v) is 3.72. The van der Waals surface area contributed by atoms with Crippen LogP contribution in [0.15, 0.2) is 42.5 Å². The number of fused-ring (bicyclic) bond motifs is 2. The molecule has 2 aromatic rings. The highest BCUT2D eigenvalue weighted by molar-refractivity contribution is 5.52. The van der Waals surface area contributed by atoms with Crippen molar-refractivity contribution in [3.63, 3.8) is 0 Å². The molecular weight excluding hydrogens is 244 g/mol. The number of rotatable bonds is 1. The van der Waals surface area contributed by atoms with Crippen LogP contribution in [0.5, 0.6) is 0 Å². The van der Waals surface area contributed by atoms with Gasteiger partial charge in [0.2, 0.25) is 0 Å². The van der Waals surface area contributed by atoms with Gasteiger partial charge in [0.15, 0.2) is 0 Å². The van der Waals surface area contributed by atoms with Gasteiger partial charge in [0.05, 0.1) is 0 Å². The number of benzene rings is 2. The van der Waals surface area contributed by atoms with E-state index < -0.39 is 0 Å². The highest BCUT2D eigenvalue weighted by atomic mass is 15.2. The van der Waals surface area contributed by atoms with Gasteiger partial charge in [0, 0.05) is 24.8 Å². The van der Waals surface area contributed by atoms with Crippen molar-refractivity contribution in [2.75, 3.05) is 5.73 Å². The molecule has 2 aromatic carbocycles. The normalized spacial score (nSPS) is 21.5. The van der Waals surface area contributed by atoms with Crippen LogP contribution in [0.4, 0.5) is 5.69 Å². The van der Waals surface area contributed by atoms with Crippen molar-refractivity contribution in [1.82, 2.24) is 4.90 Å². The van der Waals surface area contributed by atoms with Gasteiger partial charge in [0.1, 0.15) is 0 Å². The fourth-order valence-electron chi connectivity index (χ4n) is 3.72. The molecule has 1 atom stereocenters. The van der Waals surface area contributed by atoms with E-state index in [4.69, 9.17) is 5.73 Å². The van der Waals surface area contributed by atoms with Crippen LogP contribution >= 0.6 is 0 Å². The summed E-state index contributed by atoms with van der Waals surface area (Å²) in [6, 6.07) is 15.9. The summed E-state index contributed by atoms with van der Waals surface area (Å²) >= 11 is 0. The molecule has 2 heteroatoms. The van der Waals surface area contributed by atoms with E-state index in [-0.39, 0.29) is 0 Å². The second kappa shape index (κ2) is 4.64. The van der Waals surface area contributed by atoms with Crippen LogP contribution < -0.4 is 5.73 Å². The second-order valence-electron chi connectivity index (χ2n) is 6.06. The van der Waals surface area contributed by atoms with E-state index in [0.717, 1.165) is 18.8 Å². The van der Waals surface area contributed by atoms with E-state index in [2.05, 4.69) is 41.3 Å². The Bertz CT molecular complexity index is 648. The van der Waals surface area contributed by atoms with Crippen molar-refractivity contribution in [2.45, 2.75) is 38.4 Å². The maximum atomic E-state index is 6.11. The van der Waals surface area contributed by atoms with Crippen LogP contribution in [0.3, 0.4) is 0 Å². The number of hydrogen-bond donors (Lipinski definition) is 1. The molecule has 0 saturated carbocycles. The van der Waals surface area contributed by atoms with Crippen LogP contribution in [0.2, 0.25) is 0 Å². The molecule has 1 unspecified atom stereocenters. The van der Waals surface area contributed by atoms with Crippen molar-refractivity contribution >= 4 is 5.69 Å². The number of anilines is 1. The number of nitrogens with two attached hydrogens (primary N) is 1. The van der Waals surface area contributed by atoms with E-state index in [1.54, 1.807) is 5.56 Å². The summed E-state index contributed by atoms with van der Waals surface area (Å²) in [6.07, 6.45) is 3.66. The van der Waals surface area contributed by atoms with Crippen LogP contribution in [0, 0.1) is 0 Å². The van der Waals surface area contributed by atoms with Gasteiger partial charge < -0.3 is 5.73 Å². The maximum absolute atomic E-state index is 6.11. The SMILES string of the molecule is Nc1cccc2c1CN(C1CCc3ccccc3C1)C2. The summed E-state index contributed by atoms with van der Waals surface area (Å²) in [5.41, 5.74) is 12.9. The Morgan fingerprint density at radius 2 is 1.70 bits per heavy atom. The van der Waals surface area contributed by atoms with E-state index in [0.29, 0.717) is 6.04 Å². The Labute approximate surface area is 120 Å². The molecule has 0 saturated heterocycles. The molecule has 0 bridgehead atoms. The average molecular weight is 264 g/mol. The molecule has 0 amide bonds. The quantitative estimate of drug-likeness (QED) is 0.802. The number of aryl methyl sites for hydroxylation is 1. The first-order valence-electron chi connectivity index (χ1n) is 7.48. The standard InChI is InChI=1S/C18H20N2/c19-18-7-3-6-15-11-20(12-17(15)18)16-9-8-13-4-1-2-5-14(13)10-16/h1-7,16H,8-12,19H2. The molecule has 0 aromatic heterocycles. The first-order chi connectivity index (χ1) is 9.81. The zero-order valence-electron chi connectivity index (χ0n) is 11.7. The predicted molar refractivity (Wildman–Crippen MR) is 82.4 cm³/mol. The molecule has 1 aliphatic heterocycles. The second-order valence-corrected chi connectivity index (χ2v) is 6.06. The van der Waals surface area contributed by atoms with Gasteiger partial charge in [-0.05, 0) is 47.6 Å². The van der Waals surface area contributed by atoms with Gasteiger partial charge >= 0.3 is 0 Å². The van der Waals surface area contributed by atoms with Gasteiger partial charge in [0.25, 0.3) is 0 Å². The van der Waals surface area contributed by atoms with E-state index in [1.165, 1.54) is 36.0 Å². The molecule has 1 heterocycles. The topological polar surface area (TPSA) is 29.3 Å². The first-order valence-corrected chi connectivity index (χ1v) is 7.48. The molecule has 4 rings (SSSR count). The summed E-state index contributed by atoms with van der Waals surface area (Å²) in [6.45, 7) is 2.09. The molecule has 1 aliphatic carbocycles. The third-order valence-corrected chi connectivity index (χ3v) is 4.88. The minimum absolute atomic E-state index is 0.664. The zero-order valence-corrected chi connectivity index (χ0v) is 11.7. The molecule has 2 nitrogen and oxygen atoms in total. The van der Waals surface area contributed by atoms with Crippen molar-refractivity contribution in [3.8, 4) is 0 Å². The summed E-state index contributed by atoms with van der Waals surface area (Å²) in [4.78, 5) is 2.61. The lowest BCUT2D eigenvalue weighted by molar-refractivity contribution is 0.182. The van der Waals surface area contributed by atoms with Crippen molar-refractivity contribution < 1.29 is 0 Å². The molecule has 0 fully saturated rings. The summed E-state index contributed by atoms with van der Waals surface area (Å²) in [5.74, 6) is 0. The highest BCUT2D eigenvalue weighted by Crippen LogP contribution is 2.33. The highest BCUT2D eigenvalue weighted by Gasteiger charge is 2.29. The van der Waals surface area contributed by atoms with Gasteiger partial charge in [-0.15, -0.1) is 0 Å². The Balaban J connectivity index is 1.56. The summed E-state index contributed by atoms with van der Waals surface area (Å²) < 4.78 is 0. The van der Waals surface area contributed by atoms with Gasteiger partial charge in [-0.1, -0.05) is 36.4 Å². The fraction of sp³-hybridized carbons (Fsp3) is 0.333. The molecule has 20 heavy (non-hydrogen) atoms. The molecule has 102 valence electrons. The number of hydrogen-bond acceptors (Lipinski definition) is 2. The minimum Gasteiger partial charge on any atom is -0.398 e. The smallest absolute Gasteiger partial charge is 0.0363 e. The molecule has 0 spiro atoms. The van der Waals surface area contributed by atoms with Gasteiger partial charge in [-0.3, -0.25) is 4.90 Å². The molecule has 0 radical (unpaired) electrons. The van der Waals surface area contributed by atoms with Crippen molar-refractivity contribution in [1.29, 1.82) is 0 Å². The maximum Gasteiger partial charge on any atom is 0.0363 e. The zero-order chi connectivity index (χ0) is 13.5. The van der Waals surface area contributed by atoms with Crippen LogP contribution in [0.25, 0.3) is 0 Å². The Kier molecular flexibility index (Phi) is 2.78. The van der Waals surface area contributed by atoms with E-state index in [1.807, 2.05) is 6.07 Å². The van der Waals surface area contributed by atoms with Crippen LogP contribution in [-0.2, 0) is 25.9 Å². The molecular formula is C18H20N2. The summed E-state index contributed by atoms with van der Waals surface area (Å²) in [5, 5.41) is 0.